The first-order chi connectivity index (χ1) is 13.8. The molecule has 1 amide bonds. The normalized spacial score (nSPS) is 11.7. The molecule has 0 aliphatic carbocycles. The molecule has 2 heterocycles. The summed E-state index contributed by atoms with van der Waals surface area (Å²) in [6, 6.07) is 10.8. The van der Waals surface area contributed by atoms with Gasteiger partial charge in [0, 0.05) is 17.2 Å². The predicted octanol–water partition coefficient (Wildman–Crippen LogP) is 4.14. The number of thiazole rings is 2. The van der Waals surface area contributed by atoms with E-state index in [-0.39, 0.29) is 23.0 Å². The predicted molar refractivity (Wildman–Crippen MR) is 113 cm³/mol. The van der Waals surface area contributed by atoms with Gasteiger partial charge in [-0.25, -0.2) is 22.8 Å². The van der Waals surface area contributed by atoms with Crippen molar-refractivity contribution in [2.75, 3.05) is 11.6 Å². The summed E-state index contributed by atoms with van der Waals surface area (Å²) in [5.74, 6) is -0.629. The maximum atomic E-state index is 13.4. The molecule has 0 unspecified atom stereocenters. The molecule has 0 aliphatic heterocycles. The zero-order valence-corrected chi connectivity index (χ0v) is 17.5. The number of halogens is 1. The van der Waals surface area contributed by atoms with E-state index < -0.39 is 9.84 Å². The zero-order chi connectivity index (χ0) is 20.6. The van der Waals surface area contributed by atoms with E-state index in [9.17, 15) is 17.6 Å². The van der Waals surface area contributed by atoms with Crippen LogP contribution in [0.4, 0.5) is 9.52 Å². The number of nitrogens with zero attached hydrogens (tertiary/aromatic N) is 2. The van der Waals surface area contributed by atoms with Crippen LogP contribution < -0.4 is 5.32 Å². The molecule has 4 aromatic rings. The second-order valence-electron chi connectivity index (χ2n) is 6.30. The Kier molecular flexibility index (Phi) is 5.15. The van der Waals surface area contributed by atoms with E-state index in [2.05, 4.69) is 15.3 Å². The molecule has 0 aliphatic rings. The standard InChI is InChI=1S/C19H14FN3O3S3/c1-29(25,26)14-5-6-15-16(9-14)28-19(22-15)23-17(24)8-13-10-27-18(21-13)11-3-2-4-12(20)7-11/h2-7,9-10H,8H2,1H3,(H,22,23,24). The number of anilines is 1. The number of benzene rings is 2. The van der Waals surface area contributed by atoms with Gasteiger partial charge < -0.3 is 5.32 Å². The third kappa shape index (κ3) is 4.50. The Morgan fingerprint density at radius 1 is 1.17 bits per heavy atom. The summed E-state index contributed by atoms with van der Waals surface area (Å²) in [6.07, 6.45) is 1.19. The van der Waals surface area contributed by atoms with Gasteiger partial charge in [-0.2, -0.15) is 0 Å². The van der Waals surface area contributed by atoms with Crippen LogP contribution in [0.2, 0.25) is 0 Å². The zero-order valence-electron chi connectivity index (χ0n) is 15.0. The highest BCUT2D eigenvalue weighted by Crippen LogP contribution is 2.29. The number of carbonyl (C=O) groups excluding carboxylic acids is 1. The van der Waals surface area contributed by atoms with Gasteiger partial charge in [0.15, 0.2) is 15.0 Å². The van der Waals surface area contributed by atoms with Crippen LogP contribution in [0.5, 0.6) is 0 Å². The number of hydrogen-bond acceptors (Lipinski definition) is 7. The van der Waals surface area contributed by atoms with Crippen molar-refractivity contribution in [2.24, 2.45) is 0 Å². The van der Waals surface area contributed by atoms with Crippen LogP contribution in [-0.4, -0.2) is 30.5 Å². The maximum absolute atomic E-state index is 13.4. The molecule has 1 N–H and O–H groups in total. The van der Waals surface area contributed by atoms with Gasteiger partial charge >= 0.3 is 0 Å². The van der Waals surface area contributed by atoms with Crippen LogP contribution in [0.25, 0.3) is 20.8 Å². The molecule has 0 bridgehead atoms. The van der Waals surface area contributed by atoms with Crippen molar-refractivity contribution < 1.29 is 17.6 Å². The molecule has 4 rings (SSSR count). The molecule has 2 aromatic heterocycles. The van der Waals surface area contributed by atoms with E-state index in [1.54, 1.807) is 29.6 Å². The summed E-state index contributed by atoms with van der Waals surface area (Å²) in [7, 11) is -3.31. The van der Waals surface area contributed by atoms with Gasteiger partial charge in [0.1, 0.15) is 10.8 Å². The first-order valence-electron chi connectivity index (χ1n) is 8.39. The van der Waals surface area contributed by atoms with Crippen LogP contribution >= 0.6 is 22.7 Å². The van der Waals surface area contributed by atoms with Crippen molar-refractivity contribution in [1.82, 2.24) is 9.97 Å². The quantitative estimate of drug-likeness (QED) is 0.497. The van der Waals surface area contributed by atoms with Gasteiger partial charge in [-0.3, -0.25) is 4.79 Å². The molecule has 6 nitrogen and oxygen atoms in total. The fourth-order valence-electron chi connectivity index (χ4n) is 2.66. The van der Waals surface area contributed by atoms with Crippen molar-refractivity contribution in [3.05, 3.63) is 59.4 Å². The SMILES string of the molecule is CS(=O)(=O)c1ccc2nc(NC(=O)Cc3csc(-c4cccc(F)c4)n3)sc2c1. The fraction of sp³-hybridized carbons (Fsp3) is 0.105. The van der Waals surface area contributed by atoms with Gasteiger partial charge in [0.05, 0.1) is 27.2 Å². The minimum atomic E-state index is -3.31. The van der Waals surface area contributed by atoms with Gasteiger partial charge in [0.25, 0.3) is 0 Å². The highest BCUT2D eigenvalue weighted by Gasteiger charge is 2.14. The first-order valence-corrected chi connectivity index (χ1v) is 12.0. The molecule has 0 radical (unpaired) electrons. The Hall–Kier alpha value is -2.69. The second-order valence-corrected chi connectivity index (χ2v) is 10.2. The Balaban J connectivity index is 1.47. The molecule has 10 heteroatoms. The highest BCUT2D eigenvalue weighted by molar-refractivity contribution is 7.90. The largest absolute Gasteiger partial charge is 0.302 e. The van der Waals surface area contributed by atoms with Crippen LogP contribution in [-0.2, 0) is 21.1 Å². The number of hydrogen-bond donors (Lipinski definition) is 1. The fourth-order valence-corrected chi connectivity index (χ4v) is 5.12. The van der Waals surface area contributed by atoms with E-state index in [0.717, 1.165) is 6.26 Å². The third-order valence-electron chi connectivity index (χ3n) is 4.00. The average molecular weight is 448 g/mol. The van der Waals surface area contributed by atoms with Crippen LogP contribution in [0.3, 0.4) is 0 Å². The molecule has 0 saturated carbocycles. The molecular weight excluding hydrogens is 433 g/mol. The Morgan fingerprint density at radius 3 is 2.76 bits per heavy atom. The van der Waals surface area contributed by atoms with Gasteiger partial charge in [-0.15, -0.1) is 11.3 Å². The minimum absolute atomic E-state index is 0.0519. The highest BCUT2D eigenvalue weighted by atomic mass is 32.2. The summed E-state index contributed by atoms with van der Waals surface area (Å²) >= 11 is 2.54. The smallest absolute Gasteiger partial charge is 0.232 e. The molecule has 0 saturated heterocycles. The van der Waals surface area contributed by atoms with Crippen molar-refractivity contribution in [2.45, 2.75) is 11.3 Å². The van der Waals surface area contributed by atoms with Crippen LogP contribution in [0.1, 0.15) is 5.69 Å². The number of nitrogens with one attached hydrogen (secondary N) is 1. The summed E-state index contributed by atoms with van der Waals surface area (Å²) in [6.45, 7) is 0. The topological polar surface area (TPSA) is 89.0 Å². The lowest BCUT2D eigenvalue weighted by Gasteiger charge is -1.99. The summed E-state index contributed by atoms with van der Waals surface area (Å²) in [4.78, 5) is 21.3. The lowest BCUT2D eigenvalue weighted by Crippen LogP contribution is -2.14. The monoisotopic (exact) mass is 447 g/mol. The number of fused-ring (bicyclic) bond motifs is 1. The first kappa shape index (κ1) is 19.6. The van der Waals surface area contributed by atoms with Gasteiger partial charge in [0.2, 0.25) is 5.91 Å². The summed E-state index contributed by atoms with van der Waals surface area (Å²) < 4.78 is 37.4. The Morgan fingerprint density at radius 2 is 2.00 bits per heavy atom. The number of rotatable bonds is 5. The van der Waals surface area contributed by atoms with Gasteiger partial charge in [-0.1, -0.05) is 23.5 Å². The summed E-state index contributed by atoms with van der Waals surface area (Å²) in [5, 5.41) is 5.51. The minimum Gasteiger partial charge on any atom is -0.302 e. The van der Waals surface area contributed by atoms with Crippen molar-refractivity contribution >= 4 is 53.8 Å². The maximum Gasteiger partial charge on any atom is 0.232 e. The molecule has 148 valence electrons. The second kappa shape index (κ2) is 7.62. The van der Waals surface area contributed by atoms with E-state index in [0.29, 0.717) is 31.6 Å². The van der Waals surface area contributed by atoms with Crippen molar-refractivity contribution in [3.63, 3.8) is 0 Å². The third-order valence-corrected chi connectivity index (χ3v) is 6.98. The van der Waals surface area contributed by atoms with E-state index in [1.165, 1.54) is 40.9 Å². The number of amides is 1. The Labute approximate surface area is 174 Å². The lowest BCUT2D eigenvalue weighted by molar-refractivity contribution is -0.115. The molecule has 2 aromatic carbocycles. The average Bonchev–Trinajstić information content (AvgIpc) is 3.26. The molecule has 0 fully saturated rings. The number of sulfone groups is 1. The number of aromatic nitrogens is 2. The molecule has 0 spiro atoms. The van der Waals surface area contributed by atoms with E-state index in [4.69, 9.17) is 0 Å². The summed E-state index contributed by atoms with van der Waals surface area (Å²) in [5.41, 5.74) is 1.85. The van der Waals surface area contributed by atoms with E-state index >= 15 is 0 Å². The van der Waals surface area contributed by atoms with Crippen LogP contribution in [0.15, 0.2) is 52.7 Å². The van der Waals surface area contributed by atoms with Gasteiger partial charge in [-0.05, 0) is 30.3 Å². The molecule has 0 atom stereocenters. The molecular formula is C19H14FN3O3S3. The van der Waals surface area contributed by atoms with Crippen molar-refractivity contribution in [1.29, 1.82) is 0 Å². The molecule has 29 heavy (non-hydrogen) atoms. The number of carbonyl (C=O) groups is 1. The lowest BCUT2D eigenvalue weighted by atomic mass is 10.2. The van der Waals surface area contributed by atoms with Crippen LogP contribution in [0, 0.1) is 5.82 Å². The van der Waals surface area contributed by atoms with E-state index in [1.807, 2.05) is 0 Å². The van der Waals surface area contributed by atoms with Crippen molar-refractivity contribution in [3.8, 4) is 10.6 Å². The Bertz CT molecular complexity index is 1330.